The Morgan fingerprint density at radius 1 is 0.968 bits per heavy atom. The van der Waals surface area contributed by atoms with Crippen LogP contribution in [0.4, 0.5) is 5.69 Å². The Hall–Kier alpha value is -2.83. The fourth-order valence-electron chi connectivity index (χ4n) is 3.93. The molecule has 0 radical (unpaired) electrons. The lowest BCUT2D eigenvalue weighted by molar-refractivity contribution is 0.0952. The Morgan fingerprint density at radius 3 is 2.48 bits per heavy atom. The van der Waals surface area contributed by atoms with Gasteiger partial charge in [0.05, 0.1) is 0 Å². The first-order valence-corrected chi connectivity index (χ1v) is 11.8. The number of hydrogen-bond acceptors (Lipinski definition) is 5. The van der Waals surface area contributed by atoms with Gasteiger partial charge < -0.3 is 15.3 Å². The van der Waals surface area contributed by atoms with Crippen LogP contribution in [0.1, 0.15) is 23.2 Å². The summed E-state index contributed by atoms with van der Waals surface area (Å²) >= 11 is 1.68. The van der Waals surface area contributed by atoms with Gasteiger partial charge in [-0.25, -0.2) is 0 Å². The SMILES string of the molecule is O=C(NCCCCN1CCN(c2cccc(O)c2)CC1)c1ccc(-c2ccsc2)cc1. The normalized spacial score (nSPS) is 14.5. The molecule has 1 aromatic heterocycles. The van der Waals surface area contributed by atoms with Gasteiger partial charge in [0.25, 0.3) is 5.91 Å². The molecule has 0 aliphatic carbocycles. The number of carbonyl (C=O) groups is 1. The van der Waals surface area contributed by atoms with Crippen molar-refractivity contribution in [2.75, 3.05) is 44.2 Å². The Kier molecular flexibility index (Phi) is 7.22. The summed E-state index contributed by atoms with van der Waals surface area (Å²) in [6.07, 6.45) is 2.05. The number of rotatable bonds is 8. The average Bonchev–Trinajstić information content (AvgIpc) is 3.34. The summed E-state index contributed by atoms with van der Waals surface area (Å²) < 4.78 is 0. The molecule has 31 heavy (non-hydrogen) atoms. The number of piperazine rings is 1. The van der Waals surface area contributed by atoms with Gasteiger partial charge in [-0.2, -0.15) is 11.3 Å². The largest absolute Gasteiger partial charge is 0.508 e. The highest BCUT2D eigenvalue weighted by molar-refractivity contribution is 7.08. The zero-order valence-corrected chi connectivity index (χ0v) is 18.5. The van der Waals surface area contributed by atoms with E-state index in [9.17, 15) is 9.90 Å². The van der Waals surface area contributed by atoms with Crippen LogP contribution in [-0.4, -0.2) is 55.2 Å². The van der Waals surface area contributed by atoms with Gasteiger partial charge in [0.1, 0.15) is 5.75 Å². The zero-order chi connectivity index (χ0) is 21.5. The van der Waals surface area contributed by atoms with Crippen molar-refractivity contribution >= 4 is 22.9 Å². The average molecular weight is 436 g/mol. The number of unbranched alkanes of at least 4 members (excludes halogenated alkanes) is 1. The lowest BCUT2D eigenvalue weighted by atomic mass is 10.1. The lowest BCUT2D eigenvalue weighted by Gasteiger charge is -2.36. The first kappa shape index (κ1) is 21.4. The molecule has 0 atom stereocenters. The number of carbonyl (C=O) groups excluding carboxylic acids is 1. The van der Waals surface area contributed by atoms with E-state index >= 15 is 0 Å². The molecular formula is C25H29N3O2S. The second-order valence-electron chi connectivity index (χ2n) is 7.90. The van der Waals surface area contributed by atoms with Gasteiger partial charge in [-0.05, 0) is 71.6 Å². The van der Waals surface area contributed by atoms with E-state index in [2.05, 4.69) is 31.9 Å². The predicted molar refractivity (Wildman–Crippen MR) is 128 cm³/mol. The van der Waals surface area contributed by atoms with E-state index in [0.29, 0.717) is 17.9 Å². The van der Waals surface area contributed by atoms with Gasteiger partial charge in [0.15, 0.2) is 0 Å². The van der Waals surface area contributed by atoms with Crippen molar-refractivity contribution in [1.82, 2.24) is 10.2 Å². The maximum absolute atomic E-state index is 12.4. The number of aromatic hydroxyl groups is 1. The van der Waals surface area contributed by atoms with E-state index in [1.807, 2.05) is 42.5 Å². The van der Waals surface area contributed by atoms with Crippen LogP contribution in [0.3, 0.4) is 0 Å². The fraction of sp³-hybridized carbons (Fsp3) is 0.320. The van der Waals surface area contributed by atoms with E-state index < -0.39 is 0 Å². The second kappa shape index (κ2) is 10.5. The Labute approximate surface area is 187 Å². The van der Waals surface area contributed by atoms with Crippen LogP contribution >= 0.6 is 11.3 Å². The monoisotopic (exact) mass is 435 g/mol. The highest BCUT2D eigenvalue weighted by Gasteiger charge is 2.17. The zero-order valence-electron chi connectivity index (χ0n) is 17.7. The molecule has 1 amide bonds. The van der Waals surface area contributed by atoms with Gasteiger partial charge in [0.2, 0.25) is 0 Å². The van der Waals surface area contributed by atoms with Crippen LogP contribution in [0.25, 0.3) is 11.1 Å². The summed E-state index contributed by atoms with van der Waals surface area (Å²) in [7, 11) is 0. The standard InChI is InChI=1S/C25H29N3O2S/c29-24-5-3-4-23(18-24)28-15-13-27(14-16-28)12-2-1-11-26-25(30)21-8-6-20(7-9-21)22-10-17-31-19-22/h3-10,17-19,29H,1-2,11-16H2,(H,26,30). The van der Waals surface area contributed by atoms with Crippen molar-refractivity contribution in [3.63, 3.8) is 0 Å². The molecule has 6 heteroatoms. The molecule has 0 saturated carbocycles. The molecule has 162 valence electrons. The van der Waals surface area contributed by atoms with Crippen LogP contribution in [0.5, 0.6) is 5.75 Å². The van der Waals surface area contributed by atoms with Crippen LogP contribution in [0.15, 0.2) is 65.4 Å². The van der Waals surface area contributed by atoms with Gasteiger partial charge in [-0.15, -0.1) is 0 Å². The van der Waals surface area contributed by atoms with Crippen LogP contribution in [0.2, 0.25) is 0 Å². The summed E-state index contributed by atoms with van der Waals surface area (Å²) in [5.74, 6) is 0.317. The molecule has 1 saturated heterocycles. The molecule has 1 fully saturated rings. The maximum Gasteiger partial charge on any atom is 0.251 e. The van der Waals surface area contributed by atoms with Crippen molar-refractivity contribution < 1.29 is 9.90 Å². The van der Waals surface area contributed by atoms with Gasteiger partial charge >= 0.3 is 0 Å². The highest BCUT2D eigenvalue weighted by atomic mass is 32.1. The Bertz CT molecular complexity index is 965. The van der Waals surface area contributed by atoms with E-state index in [1.165, 1.54) is 5.56 Å². The van der Waals surface area contributed by atoms with Crippen molar-refractivity contribution in [1.29, 1.82) is 0 Å². The second-order valence-corrected chi connectivity index (χ2v) is 8.68. The number of benzene rings is 2. The number of thiophene rings is 1. The Morgan fingerprint density at radius 2 is 1.77 bits per heavy atom. The minimum absolute atomic E-state index is 0.00315. The maximum atomic E-state index is 12.4. The molecule has 5 nitrogen and oxygen atoms in total. The van der Waals surface area contributed by atoms with Crippen molar-refractivity contribution in [3.05, 3.63) is 70.9 Å². The van der Waals surface area contributed by atoms with Crippen molar-refractivity contribution in [3.8, 4) is 16.9 Å². The molecule has 1 aliphatic rings. The first-order valence-electron chi connectivity index (χ1n) is 10.9. The predicted octanol–water partition coefficient (Wildman–Crippen LogP) is 4.45. The highest BCUT2D eigenvalue weighted by Crippen LogP contribution is 2.23. The number of amides is 1. The number of hydrogen-bond donors (Lipinski definition) is 2. The van der Waals surface area contributed by atoms with Crippen LogP contribution in [-0.2, 0) is 0 Å². The molecule has 2 aromatic carbocycles. The van der Waals surface area contributed by atoms with E-state index in [4.69, 9.17) is 0 Å². The quantitative estimate of drug-likeness (QED) is 0.513. The van der Waals surface area contributed by atoms with E-state index in [1.54, 1.807) is 17.4 Å². The third-order valence-electron chi connectivity index (χ3n) is 5.76. The van der Waals surface area contributed by atoms with Crippen LogP contribution in [0, 0.1) is 0 Å². The van der Waals surface area contributed by atoms with Crippen LogP contribution < -0.4 is 10.2 Å². The summed E-state index contributed by atoms with van der Waals surface area (Å²) in [5.41, 5.74) is 4.13. The van der Waals surface area contributed by atoms with Crippen molar-refractivity contribution in [2.45, 2.75) is 12.8 Å². The summed E-state index contributed by atoms with van der Waals surface area (Å²) in [4.78, 5) is 17.2. The molecule has 2 heterocycles. The third kappa shape index (κ3) is 5.87. The third-order valence-corrected chi connectivity index (χ3v) is 6.44. The summed E-state index contributed by atoms with van der Waals surface area (Å²) in [6.45, 7) is 5.76. The fourth-order valence-corrected chi connectivity index (χ4v) is 4.59. The molecule has 4 rings (SSSR count). The molecule has 0 bridgehead atoms. The van der Waals surface area contributed by atoms with E-state index in [-0.39, 0.29) is 5.91 Å². The number of anilines is 1. The molecular weight excluding hydrogens is 406 g/mol. The van der Waals surface area contributed by atoms with Gasteiger partial charge in [-0.1, -0.05) is 18.2 Å². The molecule has 0 spiro atoms. The summed E-state index contributed by atoms with van der Waals surface area (Å²) in [6, 6.07) is 17.4. The number of nitrogens with one attached hydrogen (secondary N) is 1. The van der Waals surface area contributed by atoms with Crippen molar-refractivity contribution in [2.24, 2.45) is 0 Å². The lowest BCUT2D eigenvalue weighted by Crippen LogP contribution is -2.46. The number of nitrogens with zero attached hydrogens (tertiary/aromatic N) is 2. The first-order chi connectivity index (χ1) is 15.2. The number of phenolic OH excluding ortho intramolecular Hbond substituents is 1. The number of phenols is 1. The smallest absolute Gasteiger partial charge is 0.251 e. The van der Waals surface area contributed by atoms with Gasteiger partial charge in [-0.3, -0.25) is 9.69 Å². The topological polar surface area (TPSA) is 55.8 Å². The van der Waals surface area contributed by atoms with Gasteiger partial charge in [0, 0.05) is 50.0 Å². The molecule has 2 N–H and O–H groups in total. The molecule has 3 aromatic rings. The molecule has 1 aliphatic heterocycles. The minimum atomic E-state index is -0.00315. The molecule has 0 unspecified atom stereocenters. The summed E-state index contributed by atoms with van der Waals surface area (Å²) in [5, 5.41) is 16.9. The van der Waals surface area contributed by atoms with E-state index in [0.717, 1.165) is 56.8 Å². The minimum Gasteiger partial charge on any atom is -0.508 e. The Balaban J connectivity index is 1.12.